The molecule has 0 saturated carbocycles. The maximum absolute atomic E-state index is 13.8. The molecule has 1 heterocycles. The van der Waals surface area contributed by atoms with Gasteiger partial charge in [-0.3, -0.25) is 4.79 Å². The SMILES string of the molecule is C=C(/C=C(F)\C=C(/C)F)CC(NC(C)=O)C(O)CNC(CCC)c1ncc(C(C)(C)CC)o1. The lowest BCUT2D eigenvalue weighted by atomic mass is 9.88. The summed E-state index contributed by atoms with van der Waals surface area (Å²) in [4.78, 5) is 16.1. The van der Waals surface area contributed by atoms with Crippen LogP contribution in [0.3, 0.4) is 0 Å². The predicted octanol–water partition coefficient (Wildman–Crippen LogP) is 5.33. The van der Waals surface area contributed by atoms with Crippen molar-refractivity contribution in [2.24, 2.45) is 0 Å². The van der Waals surface area contributed by atoms with Crippen LogP contribution in [0.15, 0.2) is 46.6 Å². The van der Waals surface area contributed by atoms with Crippen LogP contribution in [0.25, 0.3) is 0 Å². The molecule has 3 unspecified atom stereocenters. The lowest BCUT2D eigenvalue weighted by Crippen LogP contribution is -2.47. The van der Waals surface area contributed by atoms with Gasteiger partial charge in [0, 0.05) is 25.0 Å². The first-order valence-electron chi connectivity index (χ1n) is 11.4. The van der Waals surface area contributed by atoms with Gasteiger partial charge in [0.15, 0.2) is 0 Å². The van der Waals surface area contributed by atoms with Crippen molar-refractivity contribution in [3.63, 3.8) is 0 Å². The molecule has 0 aromatic carbocycles. The average Bonchev–Trinajstić information content (AvgIpc) is 3.20. The zero-order chi connectivity index (χ0) is 25.2. The van der Waals surface area contributed by atoms with E-state index in [1.807, 2.05) is 6.92 Å². The van der Waals surface area contributed by atoms with Crippen LogP contribution in [-0.4, -0.2) is 34.7 Å². The molecule has 0 spiro atoms. The number of aromatic nitrogens is 1. The normalized spacial score (nSPS) is 15.8. The zero-order valence-corrected chi connectivity index (χ0v) is 20.7. The molecule has 0 aliphatic rings. The van der Waals surface area contributed by atoms with Crippen LogP contribution >= 0.6 is 0 Å². The molecule has 186 valence electrons. The molecular formula is C25H39F2N3O3. The van der Waals surface area contributed by atoms with Gasteiger partial charge in [0.05, 0.1) is 30.2 Å². The fourth-order valence-electron chi connectivity index (χ4n) is 3.26. The van der Waals surface area contributed by atoms with E-state index in [9.17, 15) is 18.7 Å². The van der Waals surface area contributed by atoms with E-state index in [1.165, 1.54) is 6.92 Å². The lowest BCUT2D eigenvalue weighted by Gasteiger charge is -2.26. The quantitative estimate of drug-likeness (QED) is 0.322. The van der Waals surface area contributed by atoms with E-state index < -0.39 is 23.8 Å². The molecule has 33 heavy (non-hydrogen) atoms. The van der Waals surface area contributed by atoms with Gasteiger partial charge in [-0.2, -0.15) is 0 Å². The van der Waals surface area contributed by atoms with Crippen molar-refractivity contribution in [1.82, 2.24) is 15.6 Å². The molecule has 1 aromatic heterocycles. The van der Waals surface area contributed by atoms with Gasteiger partial charge in [-0.1, -0.05) is 46.3 Å². The Morgan fingerprint density at radius 1 is 1.30 bits per heavy atom. The van der Waals surface area contributed by atoms with Crippen molar-refractivity contribution < 1.29 is 23.1 Å². The number of halogens is 2. The fourth-order valence-corrected chi connectivity index (χ4v) is 3.26. The number of hydrogen-bond acceptors (Lipinski definition) is 5. The molecule has 0 bridgehead atoms. The van der Waals surface area contributed by atoms with Gasteiger partial charge in [-0.15, -0.1) is 0 Å². The standard InChI is InChI=1S/C25H39F2N3O3/c1-8-10-20(24-29-15-23(33-24)25(6,7)9-2)28-14-22(32)21(30-18(5)31)12-16(3)11-19(27)13-17(4)26/h11,13,15,20-22,28,32H,3,8-10,12,14H2,1-2,4-7H3,(H,30,31)/b17-13+,19-11+. The molecule has 0 radical (unpaired) electrons. The minimum atomic E-state index is -0.985. The summed E-state index contributed by atoms with van der Waals surface area (Å²) >= 11 is 0. The van der Waals surface area contributed by atoms with E-state index in [1.54, 1.807) is 6.20 Å². The van der Waals surface area contributed by atoms with Crippen molar-refractivity contribution in [3.05, 3.63) is 53.8 Å². The van der Waals surface area contributed by atoms with Gasteiger partial charge >= 0.3 is 0 Å². The first-order valence-corrected chi connectivity index (χ1v) is 11.4. The number of rotatable bonds is 14. The van der Waals surface area contributed by atoms with Crippen LogP contribution in [0.4, 0.5) is 8.78 Å². The summed E-state index contributed by atoms with van der Waals surface area (Å²) in [6.07, 6.45) is 5.23. The maximum atomic E-state index is 13.8. The molecule has 3 N–H and O–H groups in total. The largest absolute Gasteiger partial charge is 0.443 e. The third-order valence-corrected chi connectivity index (χ3v) is 5.54. The van der Waals surface area contributed by atoms with Crippen molar-refractivity contribution in [1.29, 1.82) is 0 Å². The van der Waals surface area contributed by atoms with Gasteiger partial charge in [0.25, 0.3) is 0 Å². The van der Waals surface area contributed by atoms with E-state index in [0.717, 1.165) is 44.1 Å². The summed E-state index contributed by atoms with van der Waals surface area (Å²) in [6.45, 7) is 14.7. The minimum absolute atomic E-state index is 0.0985. The Morgan fingerprint density at radius 3 is 2.52 bits per heavy atom. The Balaban J connectivity index is 2.90. The molecule has 0 aliphatic carbocycles. The molecule has 0 fully saturated rings. The highest BCUT2D eigenvalue weighted by Crippen LogP contribution is 2.29. The molecule has 1 amide bonds. The highest BCUT2D eigenvalue weighted by atomic mass is 19.1. The lowest BCUT2D eigenvalue weighted by molar-refractivity contribution is -0.120. The Hall–Kier alpha value is -2.32. The minimum Gasteiger partial charge on any atom is -0.443 e. The number of oxazole rings is 1. The van der Waals surface area contributed by atoms with Crippen molar-refractivity contribution in [3.8, 4) is 0 Å². The summed E-state index contributed by atoms with van der Waals surface area (Å²) < 4.78 is 32.7. The average molecular weight is 468 g/mol. The van der Waals surface area contributed by atoms with Crippen LogP contribution in [0, 0.1) is 0 Å². The second-order valence-corrected chi connectivity index (χ2v) is 9.05. The highest BCUT2D eigenvalue weighted by molar-refractivity contribution is 5.73. The van der Waals surface area contributed by atoms with Crippen LogP contribution in [0.5, 0.6) is 0 Å². The van der Waals surface area contributed by atoms with Gasteiger partial charge < -0.3 is 20.2 Å². The number of aliphatic hydroxyl groups excluding tert-OH is 1. The first-order chi connectivity index (χ1) is 15.4. The Kier molecular flexibility index (Phi) is 11.7. The summed E-state index contributed by atoms with van der Waals surface area (Å²) in [7, 11) is 0. The van der Waals surface area contributed by atoms with E-state index in [-0.39, 0.29) is 30.3 Å². The van der Waals surface area contributed by atoms with Gasteiger partial charge in [0.2, 0.25) is 11.8 Å². The Labute approximate surface area is 196 Å². The second kappa shape index (κ2) is 13.4. The van der Waals surface area contributed by atoms with Crippen molar-refractivity contribution in [2.45, 2.75) is 90.8 Å². The van der Waals surface area contributed by atoms with Crippen LogP contribution in [0.2, 0.25) is 0 Å². The zero-order valence-electron chi connectivity index (χ0n) is 20.7. The second-order valence-electron chi connectivity index (χ2n) is 9.05. The summed E-state index contributed by atoms with van der Waals surface area (Å²) in [6, 6.07) is -0.911. The molecule has 8 heteroatoms. The molecule has 1 rings (SSSR count). The fraction of sp³-hybridized carbons (Fsp3) is 0.600. The van der Waals surface area contributed by atoms with Crippen molar-refractivity contribution in [2.75, 3.05) is 6.54 Å². The molecule has 3 atom stereocenters. The number of aliphatic hydroxyl groups is 1. The maximum Gasteiger partial charge on any atom is 0.217 e. The van der Waals surface area contributed by atoms with E-state index >= 15 is 0 Å². The Bertz CT molecular complexity index is 842. The summed E-state index contributed by atoms with van der Waals surface area (Å²) in [5, 5.41) is 16.7. The van der Waals surface area contributed by atoms with E-state index in [4.69, 9.17) is 4.42 Å². The number of nitrogens with zero attached hydrogens (tertiary/aromatic N) is 1. The van der Waals surface area contributed by atoms with Gasteiger partial charge in [-0.25, -0.2) is 13.8 Å². The van der Waals surface area contributed by atoms with Gasteiger partial charge in [0.1, 0.15) is 11.6 Å². The van der Waals surface area contributed by atoms with Crippen LogP contribution in [0.1, 0.15) is 84.9 Å². The number of allylic oxidation sites excluding steroid dienone is 4. The molecule has 0 saturated heterocycles. The number of carbonyl (C=O) groups excluding carboxylic acids is 1. The topological polar surface area (TPSA) is 87.4 Å². The summed E-state index contributed by atoms with van der Waals surface area (Å²) in [5.41, 5.74) is 0.184. The number of nitrogens with one attached hydrogen (secondary N) is 2. The van der Waals surface area contributed by atoms with Crippen LogP contribution in [-0.2, 0) is 10.2 Å². The van der Waals surface area contributed by atoms with E-state index in [2.05, 4.69) is 43.0 Å². The van der Waals surface area contributed by atoms with E-state index in [0.29, 0.717) is 11.5 Å². The number of hydrogen-bond donors (Lipinski definition) is 3. The Morgan fingerprint density at radius 2 is 1.97 bits per heavy atom. The molecule has 1 aromatic rings. The third kappa shape index (κ3) is 10.0. The highest BCUT2D eigenvalue weighted by Gasteiger charge is 2.27. The number of amides is 1. The number of carbonyl (C=O) groups is 1. The summed E-state index contributed by atoms with van der Waals surface area (Å²) in [5.74, 6) is -0.424. The van der Waals surface area contributed by atoms with Gasteiger partial charge in [-0.05, 0) is 32.3 Å². The molecule has 0 aliphatic heterocycles. The monoisotopic (exact) mass is 467 g/mol. The smallest absolute Gasteiger partial charge is 0.217 e. The predicted molar refractivity (Wildman–Crippen MR) is 127 cm³/mol. The van der Waals surface area contributed by atoms with Crippen molar-refractivity contribution >= 4 is 5.91 Å². The molecular weight excluding hydrogens is 428 g/mol. The molecule has 6 nitrogen and oxygen atoms in total. The van der Waals surface area contributed by atoms with Crippen LogP contribution < -0.4 is 10.6 Å². The first kappa shape index (κ1) is 28.7. The third-order valence-electron chi connectivity index (χ3n) is 5.54.